The molecule has 1 aliphatic rings. The minimum Gasteiger partial charge on any atom is -0.356 e. The van der Waals surface area contributed by atoms with Crippen molar-refractivity contribution in [1.29, 1.82) is 0 Å². The van der Waals surface area contributed by atoms with Crippen LogP contribution in [0.3, 0.4) is 0 Å². The summed E-state index contributed by atoms with van der Waals surface area (Å²) < 4.78 is 0. The van der Waals surface area contributed by atoms with Gasteiger partial charge in [0.2, 0.25) is 0 Å². The standard InChI is InChI=1S/C18H28N4O.HI/c1-14-6-5-11-22(13-14)18(20-3)21-10-9-15-7-4-8-16(12-15)17(23)19-2;/h4,7-8,12,14H,5-6,9-11,13H2,1-3H3,(H,19,23)(H,20,21);1H. The van der Waals surface area contributed by atoms with Crippen molar-refractivity contribution in [2.24, 2.45) is 10.9 Å². The van der Waals surface area contributed by atoms with Gasteiger partial charge in [-0.25, -0.2) is 0 Å². The minimum atomic E-state index is -0.0436. The number of benzene rings is 1. The largest absolute Gasteiger partial charge is 0.356 e. The van der Waals surface area contributed by atoms with E-state index in [9.17, 15) is 4.79 Å². The maximum Gasteiger partial charge on any atom is 0.251 e. The number of likely N-dealkylation sites (tertiary alicyclic amines) is 1. The number of nitrogens with zero attached hydrogens (tertiary/aromatic N) is 2. The normalized spacial score (nSPS) is 17.9. The number of carbonyl (C=O) groups excluding carboxylic acids is 1. The van der Waals surface area contributed by atoms with Crippen LogP contribution in [0.25, 0.3) is 0 Å². The van der Waals surface area contributed by atoms with E-state index in [1.807, 2.05) is 25.2 Å². The highest BCUT2D eigenvalue weighted by molar-refractivity contribution is 14.0. The molecular weight excluding hydrogens is 415 g/mol. The van der Waals surface area contributed by atoms with Crippen LogP contribution in [-0.4, -0.2) is 50.5 Å². The summed E-state index contributed by atoms with van der Waals surface area (Å²) in [5, 5.41) is 6.10. The second kappa shape index (κ2) is 10.5. The van der Waals surface area contributed by atoms with Gasteiger partial charge in [0.05, 0.1) is 0 Å². The van der Waals surface area contributed by atoms with Gasteiger partial charge in [-0.3, -0.25) is 9.79 Å². The zero-order valence-corrected chi connectivity index (χ0v) is 17.2. The zero-order valence-electron chi connectivity index (χ0n) is 14.8. The molecule has 1 amide bonds. The first kappa shape index (κ1) is 20.7. The molecule has 0 saturated carbocycles. The first-order chi connectivity index (χ1) is 11.1. The Labute approximate surface area is 162 Å². The lowest BCUT2D eigenvalue weighted by Gasteiger charge is -2.33. The second-order valence-corrected chi connectivity index (χ2v) is 6.20. The fourth-order valence-corrected chi connectivity index (χ4v) is 3.05. The Balaban J connectivity index is 0.00000288. The predicted octanol–water partition coefficient (Wildman–Crippen LogP) is 2.51. The number of halogens is 1. The molecule has 5 nitrogen and oxygen atoms in total. The number of carbonyl (C=O) groups is 1. The van der Waals surface area contributed by atoms with Crippen LogP contribution in [-0.2, 0) is 6.42 Å². The SMILES string of the molecule is CN=C(NCCc1cccc(C(=O)NC)c1)N1CCCC(C)C1.I. The van der Waals surface area contributed by atoms with Crippen LogP contribution in [0.5, 0.6) is 0 Å². The van der Waals surface area contributed by atoms with Crippen molar-refractivity contribution in [3.05, 3.63) is 35.4 Å². The van der Waals surface area contributed by atoms with Gasteiger partial charge in [0.25, 0.3) is 5.91 Å². The summed E-state index contributed by atoms with van der Waals surface area (Å²) in [5.41, 5.74) is 1.86. The Morgan fingerprint density at radius 1 is 1.42 bits per heavy atom. The van der Waals surface area contributed by atoms with Gasteiger partial charge >= 0.3 is 0 Å². The first-order valence-corrected chi connectivity index (χ1v) is 8.40. The predicted molar refractivity (Wildman–Crippen MR) is 110 cm³/mol. The van der Waals surface area contributed by atoms with Gasteiger partial charge in [-0.1, -0.05) is 19.1 Å². The van der Waals surface area contributed by atoms with E-state index >= 15 is 0 Å². The lowest BCUT2D eigenvalue weighted by atomic mass is 10.0. The van der Waals surface area contributed by atoms with Crippen molar-refractivity contribution in [3.63, 3.8) is 0 Å². The molecule has 1 aromatic carbocycles. The molecule has 0 bridgehead atoms. The maximum absolute atomic E-state index is 11.7. The third-order valence-electron chi connectivity index (χ3n) is 4.28. The maximum atomic E-state index is 11.7. The third kappa shape index (κ3) is 5.96. The molecule has 2 rings (SSSR count). The minimum absolute atomic E-state index is 0. The van der Waals surface area contributed by atoms with Gasteiger partial charge < -0.3 is 15.5 Å². The molecule has 1 atom stereocenters. The molecule has 0 radical (unpaired) electrons. The van der Waals surface area contributed by atoms with Gasteiger partial charge in [0.15, 0.2) is 5.96 Å². The summed E-state index contributed by atoms with van der Waals surface area (Å²) in [6.07, 6.45) is 3.41. The Kier molecular flexibility index (Phi) is 9.10. The van der Waals surface area contributed by atoms with Crippen LogP contribution in [0.1, 0.15) is 35.7 Å². The average molecular weight is 444 g/mol. The van der Waals surface area contributed by atoms with Gasteiger partial charge in [-0.05, 0) is 42.9 Å². The molecule has 24 heavy (non-hydrogen) atoms. The number of amides is 1. The number of hydrogen-bond acceptors (Lipinski definition) is 2. The highest BCUT2D eigenvalue weighted by Crippen LogP contribution is 2.15. The smallest absolute Gasteiger partial charge is 0.251 e. The molecule has 1 heterocycles. The molecule has 134 valence electrons. The quantitative estimate of drug-likeness (QED) is 0.427. The summed E-state index contributed by atoms with van der Waals surface area (Å²) in [7, 11) is 3.49. The van der Waals surface area contributed by atoms with E-state index in [4.69, 9.17) is 0 Å². The van der Waals surface area contributed by atoms with E-state index in [0.717, 1.165) is 43.5 Å². The molecule has 0 aromatic heterocycles. The van der Waals surface area contributed by atoms with Gasteiger partial charge in [0.1, 0.15) is 0 Å². The van der Waals surface area contributed by atoms with Crippen molar-refractivity contribution in [2.75, 3.05) is 33.7 Å². The van der Waals surface area contributed by atoms with Crippen molar-refractivity contribution in [2.45, 2.75) is 26.2 Å². The Bertz CT molecular complexity index is 562. The fourth-order valence-electron chi connectivity index (χ4n) is 3.05. The Morgan fingerprint density at radius 3 is 2.88 bits per heavy atom. The van der Waals surface area contributed by atoms with Crippen LogP contribution < -0.4 is 10.6 Å². The van der Waals surface area contributed by atoms with Crippen molar-refractivity contribution >= 4 is 35.8 Å². The lowest BCUT2D eigenvalue weighted by molar-refractivity contribution is 0.0963. The fraction of sp³-hybridized carbons (Fsp3) is 0.556. The highest BCUT2D eigenvalue weighted by Gasteiger charge is 2.18. The van der Waals surface area contributed by atoms with Crippen LogP contribution in [0.2, 0.25) is 0 Å². The van der Waals surface area contributed by atoms with E-state index in [2.05, 4.69) is 33.5 Å². The number of hydrogen-bond donors (Lipinski definition) is 2. The molecule has 1 aliphatic heterocycles. The van der Waals surface area contributed by atoms with E-state index in [1.165, 1.54) is 12.8 Å². The average Bonchev–Trinajstić information content (AvgIpc) is 2.58. The lowest BCUT2D eigenvalue weighted by Crippen LogP contribution is -2.46. The van der Waals surface area contributed by atoms with Crippen molar-refractivity contribution in [3.8, 4) is 0 Å². The van der Waals surface area contributed by atoms with Crippen molar-refractivity contribution < 1.29 is 4.79 Å². The van der Waals surface area contributed by atoms with E-state index < -0.39 is 0 Å². The number of guanidine groups is 1. The molecule has 1 saturated heterocycles. The second-order valence-electron chi connectivity index (χ2n) is 6.20. The zero-order chi connectivity index (χ0) is 16.7. The van der Waals surface area contributed by atoms with Crippen LogP contribution >= 0.6 is 24.0 Å². The van der Waals surface area contributed by atoms with Crippen LogP contribution in [0.15, 0.2) is 29.3 Å². The summed E-state index contributed by atoms with van der Waals surface area (Å²) in [5.74, 6) is 1.67. The van der Waals surface area contributed by atoms with Crippen LogP contribution in [0, 0.1) is 5.92 Å². The summed E-state index contributed by atoms with van der Waals surface area (Å²) in [6.45, 7) is 5.26. The summed E-state index contributed by atoms with van der Waals surface area (Å²) in [6, 6.07) is 7.77. The molecule has 1 unspecified atom stereocenters. The molecule has 1 aromatic rings. The molecule has 2 N–H and O–H groups in total. The van der Waals surface area contributed by atoms with E-state index in [1.54, 1.807) is 7.05 Å². The monoisotopic (exact) mass is 444 g/mol. The molecular formula is C18H29IN4O. The molecule has 0 spiro atoms. The van der Waals surface area contributed by atoms with E-state index in [0.29, 0.717) is 5.56 Å². The molecule has 0 aliphatic carbocycles. The molecule has 6 heteroatoms. The van der Waals surface area contributed by atoms with Crippen molar-refractivity contribution in [1.82, 2.24) is 15.5 Å². The van der Waals surface area contributed by atoms with Gasteiger partial charge in [-0.15, -0.1) is 24.0 Å². The first-order valence-electron chi connectivity index (χ1n) is 8.40. The Morgan fingerprint density at radius 2 is 2.21 bits per heavy atom. The number of rotatable bonds is 4. The van der Waals surface area contributed by atoms with Crippen LogP contribution in [0.4, 0.5) is 0 Å². The topological polar surface area (TPSA) is 56.7 Å². The summed E-state index contributed by atoms with van der Waals surface area (Å²) >= 11 is 0. The number of nitrogens with one attached hydrogen (secondary N) is 2. The summed E-state index contributed by atoms with van der Waals surface area (Å²) in [4.78, 5) is 18.4. The Hall–Kier alpha value is -1.31. The van der Waals surface area contributed by atoms with E-state index in [-0.39, 0.29) is 29.9 Å². The highest BCUT2D eigenvalue weighted by atomic mass is 127. The third-order valence-corrected chi connectivity index (χ3v) is 4.28. The number of aliphatic imine (C=N–C) groups is 1. The van der Waals surface area contributed by atoms with Gasteiger partial charge in [0, 0.05) is 39.3 Å². The van der Waals surface area contributed by atoms with Gasteiger partial charge in [-0.2, -0.15) is 0 Å². The molecule has 1 fully saturated rings. The number of piperidine rings is 1.